The van der Waals surface area contributed by atoms with Crippen LogP contribution in [0.1, 0.15) is 13.3 Å². The van der Waals surface area contributed by atoms with Gasteiger partial charge in [-0.2, -0.15) is 0 Å². The van der Waals surface area contributed by atoms with E-state index < -0.39 is 0 Å². The zero-order valence-corrected chi connectivity index (χ0v) is 9.84. The summed E-state index contributed by atoms with van der Waals surface area (Å²) >= 11 is 3.18. The van der Waals surface area contributed by atoms with Gasteiger partial charge in [0, 0.05) is 16.1 Å². The number of hydrogen-bond acceptors (Lipinski definition) is 1. The monoisotopic (exact) mass is 271 g/mol. The minimum Gasteiger partial charge on any atom is -0.326 e. The molecule has 0 saturated heterocycles. The number of rotatable bonds is 2. The van der Waals surface area contributed by atoms with Gasteiger partial charge in [-0.15, -0.1) is 0 Å². The maximum Gasteiger partial charge on any atom is 0.227 e. The minimum absolute atomic E-state index is 0.0139. The molecule has 1 aromatic rings. The van der Waals surface area contributed by atoms with Crippen molar-refractivity contribution < 1.29 is 9.18 Å². The quantitative estimate of drug-likeness (QED) is 0.880. The highest BCUT2D eigenvalue weighted by molar-refractivity contribution is 9.10. The molecule has 2 nitrogen and oxygen atoms in total. The summed E-state index contributed by atoms with van der Waals surface area (Å²) in [5.41, 5.74) is 0.506. The number of nitrogens with one attached hydrogen (secondary N) is 1. The normalized spacial score (nSPS) is 23.7. The minimum atomic E-state index is -0.358. The first kappa shape index (κ1) is 10.6. The second kappa shape index (κ2) is 3.93. The Balaban J connectivity index is 2.07. The molecule has 0 bridgehead atoms. The van der Waals surface area contributed by atoms with Crippen LogP contribution in [0.15, 0.2) is 22.7 Å². The van der Waals surface area contributed by atoms with Gasteiger partial charge in [0.2, 0.25) is 5.91 Å². The third kappa shape index (κ3) is 2.56. The summed E-state index contributed by atoms with van der Waals surface area (Å²) in [7, 11) is 0. The fraction of sp³-hybridized carbons (Fsp3) is 0.364. The van der Waals surface area contributed by atoms with Gasteiger partial charge in [-0.05, 0) is 30.5 Å². The molecule has 2 rings (SSSR count). The molecule has 1 aromatic carbocycles. The summed E-state index contributed by atoms with van der Waals surface area (Å²) in [6.45, 7) is 2.03. The lowest BCUT2D eigenvalue weighted by Gasteiger charge is -2.05. The maximum atomic E-state index is 13.0. The summed E-state index contributed by atoms with van der Waals surface area (Å²) < 4.78 is 13.6. The predicted octanol–water partition coefficient (Wildman–Crippen LogP) is 3.18. The first-order valence-electron chi connectivity index (χ1n) is 4.83. The summed E-state index contributed by atoms with van der Waals surface area (Å²) in [6, 6.07) is 4.36. The highest BCUT2D eigenvalue weighted by atomic mass is 79.9. The number of anilines is 1. The molecule has 80 valence electrons. The van der Waals surface area contributed by atoms with E-state index in [1.165, 1.54) is 12.1 Å². The molecule has 1 aliphatic carbocycles. The van der Waals surface area contributed by atoms with E-state index in [9.17, 15) is 9.18 Å². The van der Waals surface area contributed by atoms with Crippen molar-refractivity contribution in [2.75, 3.05) is 5.32 Å². The molecule has 0 aromatic heterocycles. The number of hydrogen-bond donors (Lipinski definition) is 1. The average Bonchev–Trinajstić information content (AvgIpc) is 2.80. The molecule has 1 N–H and O–H groups in total. The number of halogens is 2. The summed E-state index contributed by atoms with van der Waals surface area (Å²) in [5, 5.41) is 2.71. The third-order valence-electron chi connectivity index (χ3n) is 2.58. The van der Waals surface area contributed by atoms with Crippen molar-refractivity contribution in [3.8, 4) is 0 Å². The first-order chi connectivity index (χ1) is 7.06. The molecule has 4 heteroatoms. The van der Waals surface area contributed by atoms with Crippen LogP contribution in [0.4, 0.5) is 10.1 Å². The number of carbonyl (C=O) groups is 1. The molecule has 1 saturated carbocycles. The Labute approximate surface area is 96.0 Å². The fourth-order valence-corrected chi connectivity index (χ4v) is 2.01. The van der Waals surface area contributed by atoms with E-state index >= 15 is 0 Å². The van der Waals surface area contributed by atoms with Crippen LogP contribution < -0.4 is 5.32 Å². The maximum absolute atomic E-state index is 13.0. The molecular weight excluding hydrogens is 261 g/mol. The second-order valence-corrected chi connectivity index (χ2v) is 4.88. The van der Waals surface area contributed by atoms with Gasteiger partial charge in [0.1, 0.15) is 5.82 Å². The van der Waals surface area contributed by atoms with Crippen molar-refractivity contribution in [1.29, 1.82) is 0 Å². The van der Waals surface area contributed by atoms with Crippen LogP contribution in [0.3, 0.4) is 0 Å². The van der Waals surface area contributed by atoms with Gasteiger partial charge in [0.15, 0.2) is 0 Å². The van der Waals surface area contributed by atoms with Gasteiger partial charge >= 0.3 is 0 Å². The van der Waals surface area contributed by atoms with Crippen molar-refractivity contribution >= 4 is 27.5 Å². The number of benzene rings is 1. The molecule has 0 spiro atoms. The van der Waals surface area contributed by atoms with Gasteiger partial charge < -0.3 is 5.32 Å². The molecule has 1 amide bonds. The van der Waals surface area contributed by atoms with Crippen LogP contribution in [0, 0.1) is 17.7 Å². The molecule has 0 aliphatic heterocycles. The van der Waals surface area contributed by atoms with Crippen LogP contribution in [0.25, 0.3) is 0 Å². The van der Waals surface area contributed by atoms with E-state index in [0.29, 0.717) is 16.1 Å². The molecule has 1 aliphatic rings. The molecule has 0 radical (unpaired) electrons. The lowest BCUT2D eigenvalue weighted by Crippen LogP contribution is -2.14. The Hall–Kier alpha value is -0.900. The largest absolute Gasteiger partial charge is 0.326 e. The van der Waals surface area contributed by atoms with Gasteiger partial charge in [-0.1, -0.05) is 22.9 Å². The first-order valence-corrected chi connectivity index (χ1v) is 5.62. The predicted molar refractivity (Wildman–Crippen MR) is 60.0 cm³/mol. The Morgan fingerprint density at radius 3 is 2.73 bits per heavy atom. The van der Waals surface area contributed by atoms with Crippen molar-refractivity contribution in [2.24, 2.45) is 11.8 Å². The average molecular weight is 272 g/mol. The molecule has 0 heterocycles. The van der Waals surface area contributed by atoms with E-state index in [-0.39, 0.29) is 17.6 Å². The molecule has 1 fully saturated rings. The summed E-state index contributed by atoms with van der Waals surface area (Å²) in [5.74, 6) is 0.192. The van der Waals surface area contributed by atoms with Gasteiger partial charge in [0.05, 0.1) is 0 Å². The van der Waals surface area contributed by atoms with Crippen molar-refractivity contribution in [3.05, 3.63) is 28.5 Å². The highest BCUT2D eigenvalue weighted by Gasteiger charge is 2.39. The molecular formula is C11H11BrFNO. The van der Waals surface area contributed by atoms with Crippen LogP contribution in [-0.4, -0.2) is 5.91 Å². The Bertz CT molecular complexity index is 387. The zero-order chi connectivity index (χ0) is 11.0. The second-order valence-electron chi connectivity index (χ2n) is 3.97. The van der Waals surface area contributed by atoms with Crippen LogP contribution in [-0.2, 0) is 4.79 Å². The van der Waals surface area contributed by atoms with Gasteiger partial charge in [-0.25, -0.2) is 4.39 Å². The van der Waals surface area contributed by atoms with E-state index in [1.807, 2.05) is 6.92 Å². The Morgan fingerprint density at radius 1 is 1.53 bits per heavy atom. The number of carbonyl (C=O) groups excluding carboxylic acids is 1. The van der Waals surface area contributed by atoms with Gasteiger partial charge in [-0.3, -0.25) is 4.79 Å². The lowest BCUT2D eigenvalue weighted by atomic mass is 10.2. The Morgan fingerprint density at radius 2 is 2.20 bits per heavy atom. The van der Waals surface area contributed by atoms with Crippen LogP contribution in [0.2, 0.25) is 0 Å². The van der Waals surface area contributed by atoms with E-state index in [0.717, 1.165) is 6.42 Å². The molecule has 2 atom stereocenters. The van der Waals surface area contributed by atoms with E-state index in [2.05, 4.69) is 21.2 Å². The highest BCUT2D eigenvalue weighted by Crippen LogP contribution is 2.38. The van der Waals surface area contributed by atoms with Crippen molar-refractivity contribution in [3.63, 3.8) is 0 Å². The van der Waals surface area contributed by atoms with E-state index in [1.54, 1.807) is 6.07 Å². The number of amides is 1. The van der Waals surface area contributed by atoms with Crippen molar-refractivity contribution in [2.45, 2.75) is 13.3 Å². The molecule has 2 unspecified atom stereocenters. The fourth-order valence-electron chi connectivity index (χ4n) is 1.55. The SMILES string of the molecule is CC1CC1C(=O)Nc1cc(F)cc(Br)c1. The van der Waals surface area contributed by atoms with Gasteiger partial charge in [0.25, 0.3) is 0 Å². The van der Waals surface area contributed by atoms with E-state index in [4.69, 9.17) is 0 Å². The van der Waals surface area contributed by atoms with Crippen LogP contribution >= 0.6 is 15.9 Å². The lowest BCUT2D eigenvalue weighted by molar-refractivity contribution is -0.117. The standard InChI is InChI=1S/C11H11BrFNO/c1-6-2-10(6)11(15)14-9-4-7(12)3-8(13)5-9/h3-6,10H,2H2,1H3,(H,14,15). The third-order valence-corrected chi connectivity index (χ3v) is 3.03. The smallest absolute Gasteiger partial charge is 0.227 e. The Kier molecular flexibility index (Phi) is 2.78. The topological polar surface area (TPSA) is 29.1 Å². The van der Waals surface area contributed by atoms with Crippen LogP contribution in [0.5, 0.6) is 0 Å². The summed E-state index contributed by atoms with van der Waals surface area (Å²) in [6.07, 6.45) is 0.933. The summed E-state index contributed by atoms with van der Waals surface area (Å²) in [4.78, 5) is 11.6. The molecule has 15 heavy (non-hydrogen) atoms. The van der Waals surface area contributed by atoms with Crippen molar-refractivity contribution in [1.82, 2.24) is 0 Å². The zero-order valence-electron chi connectivity index (χ0n) is 8.26.